The molecule has 20 heavy (non-hydrogen) atoms. The summed E-state index contributed by atoms with van der Waals surface area (Å²) in [5.74, 6) is -0.398. The molecule has 0 saturated heterocycles. The van der Waals surface area contributed by atoms with Crippen molar-refractivity contribution in [1.29, 1.82) is 0 Å². The van der Waals surface area contributed by atoms with Crippen LogP contribution in [0.2, 0.25) is 18.1 Å². The molecule has 1 rings (SSSR count). The van der Waals surface area contributed by atoms with Gasteiger partial charge in [0.15, 0.2) is 5.78 Å². The molecule has 0 heterocycles. The molecule has 1 aliphatic rings. The summed E-state index contributed by atoms with van der Waals surface area (Å²) in [6, 6.07) is 0. The van der Waals surface area contributed by atoms with Crippen molar-refractivity contribution in [2.24, 2.45) is 0 Å². The van der Waals surface area contributed by atoms with E-state index in [-0.39, 0.29) is 16.8 Å². The molecule has 114 valence electrons. The molecule has 3 nitrogen and oxygen atoms in total. The summed E-state index contributed by atoms with van der Waals surface area (Å²) >= 11 is 0. The van der Waals surface area contributed by atoms with Crippen LogP contribution in [0.3, 0.4) is 0 Å². The molecule has 0 atom stereocenters. The summed E-state index contributed by atoms with van der Waals surface area (Å²) in [4.78, 5) is 24.4. The van der Waals surface area contributed by atoms with E-state index in [0.29, 0.717) is 12.0 Å². The van der Waals surface area contributed by atoms with E-state index in [4.69, 9.17) is 4.43 Å². The Kier molecular flexibility index (Phi) is 5.36. The number of hydrogen-bond donors (Lipinski definition) is 0. The summed E-state index contributed by atoms with van der Waals surface area (Å²) < 4.78 is 5.79. The van der Waals surface area contributed by atoms with Gasteiger partial charge in [-0.15, -0.1) is 0 Å². The maximum absolute atomic E-state index is 12.4. The van der Waals surface area contributed by atoms with Gasteiger partial charge >= 0.3 is 5.97 Å². The first-order valence-corrected chi connectivity index (χ1v) is 10.5. The molecule has 0 radical (unpaired) electrons. The SMILES string of the molecule is CCCCC1=C(C(=O)O[Si](C)(C)C(C)(C)C)C(=O)CC1. The average molecular weight is 296 g/mol. The number of carbonyl (C=O) groups excluding carboxylic acids is 2. The number of unbranched alkanes of at least 4 members (excludes halogenated alkanes) is 1. The number of ketones is 1. The van der Waals surface area contributed by atoms with Crippen molar-refractivity contribution >= 4 is 20.1 Å². The van der Waals surface area contributed by atoms with Crippen LogP contribution in [0.25, 0.3) is 0 Å². The monoisotopic (exact) mass is 296 g/mol. The van der Waals surface area contributed by atoms with E-state index in [1.807, 2.05) is 13.1 Å². The number of allylic oxidation sites excluding steroid dienone is 1. The van der Waals surface area contributed by atoms with Crippen LogP contribution >= 0.6 is 0 Å². The van der Waals surface area contributed by atoms with Gasteiger partial charge in [-0.05, 0) is 37.4 Å². The molecular formula is C16H28O3Si. The van der Waals surface area contributed by atoms with Crippen LogP contribution in [-0.2, 0) is 14.0 Å². The Balaban J connectivity index is 2.91. The van der Waals surface area contributed by atoms with Gasteiger partial charge in [0.25, 0.3) is 8.32 Å². The molecule has 0 fully saturated rings. The van der Waals surface area contributed by atoms with Crippen molar-refractivity contribution < 1.29 is 14.0 Å². The number of carbonyl (C=O) groups is 2. The molecule has 0 aliphatic heterocycles. The van der Waals surface area contributed by atoms with Crippen LogP contribution in [0.1, 0.15) is 59.8 Å². The minimum absolute atomic E-state index is 0.0280. The van der Waals surface area contributed by atoms with Crippen LogP contribution in [0.15, 0.2) is 11.1 Å². The smallest absolute Gasteiger partial charge is 0.328 e. The van der Waals surface area contributed by atoms with Gasteiger partial charge in [-0.1, -0.05) is 39.7 Å². The number of rotatable bonds is 5. The number of Topliss-reactive ketones (excluding diaryl/α,β-unsaturated/α-hetero) is 1. The van der Waals surface area contributed by atoms with E-state index in [1.54, 1.807) is 0 Å². The minimum Gasteiger partial charge on any atom is -0.516 e. The van der Waals surface area contributed by atoms with E-state index in [1.165, 1.54) is 0 Å². The fourth-order valence-electron chi connectivity index (χ4n) is 2.05. The first-order valence-electron chi connectivity index (χ1n) is 7.58. The van der Waals surface area contributed by atoms with Crippen LogP contribution in [0.5, 0.6) is 0 Å². The zero-order valence-electron chi connectivity index (χ0n) is 13.8. The van der Waals surface area contributed by atoms with Crippen molar-refractivity contribution in [3.05, 3.63) is 11.1 Å². The molecule has 0 aromatic rings. The summed E-state index contributed by atoms with van der Waals surface area (Å²) in [5.41, 5.74) is 1.38. The molecule has 0 amide bonds. The zero-order chi connectivity index (χ0) is 15.6. The van der Waals surface area contributed by atoms with Gasteiger partial charge in [-0.25, -0.2) is 4.79 Å². The van der Waals surface area contributed by atoms with Gasteiger partial charge in [0.1, 0.15) is 5.57 Å². The maximum atomic E-state index is 12.4. The molecular weight excluding hydrogens is 268 g/mol. The van der Waals surface area contributed by atoms with Gasteiger partial charge in [0.05, 0.1) is 0 Å². The van der Waals surface area contributed by atoms with Crippen LogP contribution in [0, 0.1) is 0 Å². The fourth-order valence-corrected chi connectivity index (χ4v) is 2.92. The molecule has 0 N–H and O–H groups in total. The van der Waals surface area contributed by atoms with Crippen molar-refractivity contribution in [1.82, 2.24) is 0 Å². The third-order valence-corrected chi connectivity index (χ3v) is 8.78. The Morgan fingerprint density at radius 3 is 2.35 bits per heavy atom. The van der Waals surface area contributed by atoms with E-state index in [9.17, 15) is 9.59 Å². The minimum atomic E-state index is -2.16. The lowest BCUT2D eigenvalue weighted by Crippen LogP contribution is -2.43. The lowest BCUT2D eigenvalue weighted by molar-refractivity contribution is -0.133. The van der Waals surface area contributed by atoms with Gasteiger partial charge in [0, 0.05) is 6.42 Å². The van der Waals surface area contributed by atoms with Crippen LogP contribution in [-0.4, -0.2) is 20.1 Å². The van der Waals surface area contributed by atoms with Gasteiger partial charge in [0.2, 0.25) is 0 Å². The van der Waals surface area contributed by atoms with E-state index >= 15 is 0 Å². The van der Waals surface area contributed by atoms with E-state index < -0.39 is 8.32 Å². The maximum Gasteiger partial charge on any atom is 0.328 e. The Morgan fingerprint density at radius 2 is 1.85 bits per heavy atom. The van der Waals surface area contributed by atoms with Crippen molar-refractivity contribution in [2.75, 3.05) is 0 Å². The normalized spacial score (nSPS) is 16.8. The fraction of sp³-hybridized carbons (Fsp3) is 0.750. The molecule has 0 bridgehead atoms. The Morgan fingerprint density at radius 1 is 1.25 bits per heavy atom. The molecule has 0 spiro atoms. The average Bonchev–Trinajstić information content (AvgIpc) is 2.65. The highest BCUT2D eigenvalue weighted by Gasteiger charge is 2.42. The lowest BCUT2D eigenvalue weighted by atomic mass is 10.1. The number of hydrogen-bond acceptors (Lipinski definition) is 3. The van der Waals surface area contributed by atoms with Crippen molar-refractivity contribution in [2.45, 2.75) is 77.9 Å². The second kappa shape index (κ2) is 6.25. The zero-order valence-corrected chi connectivity index (χ0v) is 14.8. The first-order chi connectivity index (χ1) is 9.10. The summed E-state index contributed by atoms with van der Waals surface area (Å²) in [6.45, 7) is 12.5. The Bertz CT molecular complexity index is 427. The summed E-state index contributed by atoms with van der Waals surface area (Å²) in [5, 5.41) is -0.0333. The highest BCUT2D eigenvalue weighted by atomic mass is 28.4. The third kappa shape index (κ3) is 3.81. The lowest BCUT2D eigenvalue weighted by Gasteiger charge is -2.35. The molecule has 1 aliphatic carbocycles. The summed E-state index contributed by atoms with van der Waals surface area (Å²) in [7, 11) is -2.16. The molecule has 0 unspecified atom stereocenters. The van der Waals surface area contributed by atoms with E-state index in [2.05, 4.69) is 27.7 Å². The largest absolute Gasteiger partial charge is 0.516 e. The summed E-state index contributed by atoms with van der Waals surface area (Å²) in [6.07, 6.45) is 4.16. The van der Waals surface area contributed by atoms with Crippen LogP contribution in [0.4, 0.5) is 0 Å². The quantitative estimate of drug-likeness (QED) is 0.558. The van der Waals surface area contributed by atoms with Gasteiger partial charge < -0.3 is 4.43 Å². The predicted octanol–water partition coefficient (Wildman–Crippen LogP) is 4.38. The van der Waals surface area contributed by atoms with Crippen molar-refractivity contribution in [3.63, 3.8) is 0 Å². The molecule has 0 saturated carbocycles. The molecule has 4 heteroatoms. The Hall–Kier alpha value is -0.903. The molecule has 0 aromatic carbocycles. The van der Waals surface area contributed by atoms with E-state index in [0.717, 1.165) is 31.3 Å². The standard InChI is InChI=1S/C16H28O3Si/c1-7-8-9-12-10-11-13(17)14(12)15(18)19-20(5,6)16(2,3)4/h7-11H2,1-6H3. The van der Waals surface area contributed by atoms with Crippen LogP contribution < -0.4 is 0 Å². The topological polar surface area (TPSA) is 43.4 Å². The second-order valence-corrected chi connectivity index (χ2v) is 11.9. The highest BCUT2D eigenvalue weighted by Crippen LogP contribution is 2.38. The molecule has 0 aromatic heterocycles. The predicted molar refractivity (Wildman–Crippen MR) is 84.1 cm³/mol. The van der Waals surface area contributed by atoms with Gasteiger partial charge in [-0.3, -0.25) is 4.79 Å². The highest BCUT2D eigenvalue weighted by molar-refractivity contribution is 6.75. The van der Waals surface area contributed by atoms with Gasteiger partial charge in [-0.2, -0.15) is 0 Å². The first kappa shape index (κ1) is 17.1. The van der Waals surface area contributed by atoms with Crippen molar-refractivity contribution in [3.8, 4) is 0 Å². The Labute approximate surface area is 123 Å². The second-order valence-electron chi connectivity index (χ2n) is 7.16. The third-order valence-electron chi connectivity index (χ3n) is 4.48.